The van der Waals surface area contributed by atoms with Gasteiger partial charge in [-0.1, -0.05) is 18.2 Å². The molecule has 0 aromatic heterocycles. The molecule has 3 nitrogen and oxygen atoms in total. The third-order valence-electron chi connectivity index (χ3n) is 2.48. The maximum atomic E-state index is 11.2. The van der Waals surface area contributed by atoms with Crippen molar-refractivity contribution >= 4 is 5.91 Å². The zero-order valence-electron chi connectivity index (χ0n) is 9.55. The fourth-order valence-corrected chi connectivity index (χ4v) is 1.42. The van der Waals surface area contributed by atoms with Crippen LogP contribution in [0.3, 0.4) is 0 Å². The van der Waals surface area contributed by atoms with Crippen molar-refractivity contribution in [2.24, 2.45) is 0 Å². The Bertz CT molecular complexity index is 347. The van der Waals surface area contributed by atoms with E-state index < -0.39 is 0 Å². The number of benzene rings is 1. The molecule has 0 aliphatic rings. The fraction of sp³-hybridized carbons (Fsp3) is 0.417. The normalized spacial score (nSPS) is 10.1. The lowest BCUT2D eigenvalue weighted by atomic mass is 10.0. The van der Waals surface area contributed by atoms with Gasteiger partial charge in [0.05, 0.1) is 0 Å². The van der Waals surface area contributed by atoms with Gasteiger partial charge in [0.15, 0.2) is 0 Å². The highest BCUT2D eigenvalue weighted by Gasteiger charge is 2.01. The van der Waals surface area contributed by atoms with Crippen molar-refractivity contribution in [2.45, 2.75) is 26.7 Å². The number of carbonyl (C=O) groups is 1. The van der Waals surface area contributed by atoms with E-state index in [-0.39, 0.29) is 5.91 Å². The van der Waals surface area contributed by atoms with Crippen LogP contribution >= 0.6 is 0 Å². The van der Waals surface area contributed by atoms with E-state index >= 15 is 0 Å². The first-order valence-electron chi connectivity index (χ1n) is 5.15. The number of amides is 1. The number of aryl methyl sites for hydroxylation is 3. The standard InChI is InChI=1S/C12H18N2O/c1-9-4-5-11(8-10(9)2)6-7-12(15)14-13-3/h4-5,8,13H,6-7H2,1-3H3,(H,14,15). The Kier molecular flexibility index (Phi) is 4.31. The number of carbonyl (C=O) groups excluding carboxylic acids is 1. The van der Waals surface area contributed by atoms with Crippen molar-refractivity contribution in [3.05, 3.63) is 34.9 Å². The molecular weight excluding hydrogens is 188 g/mol. The molecule has 0 saturated heterocycles. The summed E-state index contributed by atoms with van der Waals surface area (Å²) >= 11 is 0. The van der Waals surface area contributed by atoms with Gasteiger partial charge >= 0.3 is 0 Å². The lowest BCUT2D eigenvalue weighted by Gasteiger charge is -2.05. The van der Waals surface area contributed by atoms with E-state index in [4.69, 9.17) is 0 Å². The molecule has 0 fully saturated rings. The molecule has 1 aromatic rings. The van der Waals surface area contributed by atoms with Crippen molar-refractivity contribution < 1.29 is 4.79 Å². The second-order valence-electron chi connectivity index (χ2n) is 3.72. The summed E-state index contributed by atoms with van der Waals surface area (Å²) in [6, 6.07) is 6.32. The number of nitrogens with one attached hydrogen (secondary N) is 2. The Morgan fingerprint density at radius 2 is 2.00 bits per heavy atom. The van der Waals surface area contributed by atoms with Gasteiger partial charge in [-0.25, -0.2) is 5.43 Å². The minimum atomic E-state index is 0.0238. The minimum absolute atomic E-state index is 0.0238. The van der Waals surface area contributed by atoms with E-state index in [1.807, 2.05) is 0 Å². The van der Waals surface area contributed by atoms with E-state index in [1.165, 1.54) is 16.7 Å². The van der Waals surface area contributed by atoms with Gasteiger partial charge in [-0.05, 0) is 37.0 Å². The molecule has 1 rings (SSSR count). The topological polar surface area (TPSA) is 41.1 Å². The SMILES string of the molecule is CNNC(=O)CCc1ccc(C)c(C)c1. The van der Waals surface area contributed by atoms with Crippen LogP contribution in [0.25, 0.3) is 0 Å². The fourth-order valence-electron chi connectivity index (χ4n) is 1.42. The molecule has 0 spiro atoms. The summed E-state index contributed by atoms with van der Waals surface area (Å²) in [4.78, 5) is 11.2. The van der Waals surface area contributed by atoms with E-state index in [0.29, 0.717) is 6.42 Å². The number of hydrogen-bond acceptors (Lipinski definition) is 2. The zero-order valence-corrected chi connectivity index (χ0v) is 9.55. The number of rotatable bonds is 4. The quantitative estimate of drug-likeness (QED) is 0.733. The van der Waals surface area contributed by atoms with Gasteiger partial charge in [0.2, 0.25) is 5.91 Å². The molecule has 0 unspecified atom stereocenters. The Morgan fingerprint density at radius 1 is 1.27 bits per heavy atom. The van der Waals surface area contributed by atoms with Crippen LogP contribution < -0.4 is 10.9 Å². The molecule has 0 saturated carbocycles. The lowest BCUT2D eigenvalue weighted by molar-refractivity contribution is -0.121. The van der Waals surface area contributed by atoms with Crippen LogP contribution in [0.5, 0.6) is 0 Å². The zero-order chi connectivity index (χ0) is 11.3. The molecule has 1 amide bonds. The van der Waals surface area contributed by atoms with Gasteiger partial charge in [0, 0.05) is 13.5 Å². The Hall–Kier alpha value is -1.35. The summed E-state index contributed by atoms with van der Waals surface area (Å²) in [7, 11) is 1.69. The molecule has 82 valence electrons. The van der Waals surface area contributed by atoms with Crippen molar-refractivity contribution in [3.63, 3.8) is 0 Å². The second kappa shape index (κ2) is 5.51. The van der Waals surface area contributed by atoms with Crippen LogP contribution in [-0.4, -0.2) is 13.0 Å². The third kappa shape index (κ3) is 3.72. The van der Waals surface area contributed by atoms with Crippen molar-refractivity contribution in [1.82, 2.24) is 10.9 Å². The molecule has 3 heteroatoms. The molecule has 0 aliphatic carbocycles. The van der Waals surface area contributed by atoms with Gasteiger partial charge in [-0.3, -0.25) is 10.2 Å². The van der Waals surface area contributed by atoms with E-state index in [0.717, 1.165) is 6.42 Å². The van der Waals surface area contributed by atoms with Crippen LogP contribution in [0.15, 0.2) is 18.2 Å². The Labute approximate surface area is 90.9 Å². The number of hydrazine groups is 1. The predicted molar refractivity (Wildman–Crippen MR) is 61.4 cm³/mol. The molecule has 2 N–H and O–H groups in total. The average molecular weight is 206 g/mol. The maximum Gasteiger partial charge on any atom is 0.234 e. The molecule has 0 aliphatic heterocycles. The first kappa shape index (κ1) is 11.7. The predicted octanol–water partition coefficient (Wildman–Crippen LogP) is 1.49. The van der Waals surface area contributed by atoms with E-state index in [1.54, 1.807) is 7.05 Å². The van der Waals surface area contributed by atoms with E-state index in [9.17, 15) is 4.79 Å². The number of hydrogen-bond donors (Lipinski definition) is 2. The van der Waals surface area contributed by atoms with Crippen molar-refractivity contribution in [2.75, 3.05) is 7.05 Å². The van der Waals surface area contributed by atoms with Gasteiger partial charge in [0.1, 0.15) is 0 Å². The van der Waals surface area contributed by atoms with Gasteiger partial charge in [0.25, 0.3) is 0 Å². The van der Waals surface area contributed by atoms with Crippen molar-refractivity contribution in [3.8, 4) is 0 Å². The van der Waals surface area contributed by atoms with Crippen LogP contribution in [0.4, 0.5) is 0 Å². The first-order chi connectivity index (χ1) is 7.13. The molecule has 1 aromatic carbocycles. The lowest BCUT2D eigenvalue weighted by Crippen LogP contribution is -2.34. The van der Waals surface area contributed by atoms with Gasteiger partial charge in [-0.15, -0.1) is 0 Å². The molecular formula is C12H18N2O. The summed E-state index contributed by atoms with van der Waals surface area (Å²) in [5.41, 5.74) is 8.96. The van der Waals surface area contributed by atoms with Crippen LogP contribution in [0, 0.1) is 13.8 Å². The summed E-state index contributed by atoms with van der Waals surface area (Å²) in [6.45, 7) is 4.18. The highest BCUT2D eigenvalue weighted by Crippen LogP contribution is 2.11. The Morgan fingerprint density at radius 3 is 2.60 bits per heavy atom. The highest BCUT2D eigenvalue weighted by atomic mass is 16.2. The maximum absolute atomic E-state index is 11.2. The monoisotopic (exact) mass is 206 g/mol. The molecule has 0 heterocycles. The smallest absolute Gasteiger partial charge is 0.234 e. The summed E-state index contributed by atoms with van der Waals surface area (Å²) in [5.74, 6) is 0.0238. The first-order valence-corrected chi connectivity index (χ1v) is 5.15. The van der Waals surface area contributed by atoms with Gasteiger partial charge in [-0.2, -0.15) is 0 Å². The van der Waals surface area contributed by atoms with Crippen LogP contribution in [0.2, 0.25) is 0 Å². The molecule has 15 heavy (non-hydrogen) atoms. The summed E-state index contributed by atoms with van der Waals surface area (Å²) in [6.07, 6.45) is 1.30. The summed E-state index contributed by atoms with van der Waals surface area (Å²) in [5, 5.41) is 0. The van der Waals surface area contributed by atoms with Crippen molar-refractivity contribution in [1.29, 1.82) is 0 Å². The largest absolute Gasteiger partial charge is 0.292 e. The molecule has 0 atom stereocenters. The van der Waals surface area contributed by atoms with Crippen LogP contribution in [-0.2, 0) is 11.2 Å². The second-order valence-corrected chi connectivity index (χ2v) is 3.72. The highest BCUT2D eigenvalue weighted by molar-refractivity contribution is 5.75. The average Bonchev–Trinajstić information content (AvgIpc) is 2.20. The third-order valence-corrected chi connectivity index (χ3v) is 2.48. The molecule has 0 bridgehead atoms. The van der Waals surface area contributed by atoms with Crippen LogP contribution in [0.1, 0.15) is 23.1 Å². The van der Waals surface area contributed by atoms with Gasteiger partial charge < -0.3 is 0 Å². The molecule has 0 radical (unpaired) electrons. The minimum Gasteiger partial charge on any atom is -0.292 e. The summed E-state index contributed by atoms with van der Waals surface area (Å²) < 4.78 is 0. The van der Waals surface area contributed by atoms with E-state index in [2.05, 4.69) is 42.9 Å². The Balaban J connectivity index is 2.51.